The average molecular weight is 294 g/mol. The maximum Gasteiger partial charge on any atom is 0.410 e. The minimum absolute atomic E-state index is 0.0949. The van der Waals surface area contributed by atoms with E-state index in [1.54, 1.807) is 23.1 Å². The summed E-state index contributed by atoms with van der Waals surface area (Å²) in [6, 6.07) is 6.48. The lowest BCUT2D eigenvalue weighted by Crippen LogP contribution is -2.50. The van der Waals surface area contributed by atoms with Crippen LogP contribution in [0.2, 0.25) is 0 Å². The third-order valence-electron chi connectivity index (χ3n) is 3.48. The van der Waals surface area contributed by atoms with E-state index in [0.717, 1.165) is 0 Å². The molecule has 0 unspecified atom stereocenters. The number of piperidine rings is 1. The van der Waals surface area contributed by atoms with E-state index in [4.69, 9.17) is 10.5 Å². The first-order chi connectivity index (χ1) is 9.76. The Bertz CT molecular complexity index is 513. The van der Waals surface area contributed by atoms with Crippen LogP contribution in [0.3, 0.4) is 0 Å². The van der Waals surface area contributed by atoms with E-state index >= 15 is 0 Å². The van der Waals surface area contributed by atoms with Crippen LogP contribution in [0.1, 0.15) is 38.7 Å². The fourth-order valence-corrected chi connectivity index (χ4v) is 2.65. The highest BCUT2D eigenvalue weighted by Gasteiger charge is 2.32. The Labute approximate surface area is 125 Å². The van der Waals surface area contributed by atoms with Crippen molar-refractivity contribution in [2.24, 2.45) is 5.73 Å². The van der Waals surface area contributed by atoms with Crippen LogP contribution >= 0.6 is 0 Å². The predicted octanol–water partition coefficient (Wildman–Crippen LogP) is 2.88. The normalized spacial score (nSPS) is 23.0. The molecule has 0 saturated carbocycles. The van der Waals surface area contributed by atoms with Crippen molar-refractivity contribution in [1.29, 1.82) is 0 Å². The first-order valence-corrected chi connectivity index (χ1v) is 7.24. The number of benzene rings is 1. The van der Waals surface area contributed by atoms with E-state index in [-0.39, 0.29) is 23.9 Å². The summed E-state index contributed by atoms with van der Waals surface area (Å²) in [6.45, 7) is 6.35. The lowest BCUT2D eigenvalue weighted by molar-refractivity contribution is 0.0179. The molecule has 2 N–H and O–H groups in total. The first kappa shape index (κ1) is 15.8. The van der Waals surface area contributed by atoms with Crippen LogP contribution in [0.25, 0.3) is 0 Å². The summed E-state index contributed by atoms with van der Waals surface area (Å²) < 4.78 is 19.3. The molecule has 1 saturated heterocycles. The number of hydrogen-bond acceptors (Lipinski definition) is 3. The van der Waals surface area contributed by atoms with Gasteiger partial charge in [0.05, 0.1) is 0 Å². The van der Waals surface area contributed by atoms with Gasteiger partial charge in [0, 0.05) is 25.0 Å². The number of ether oxygens (including phenoxy) is 1. The van der Waals surface area contributed by atoms with Gasteiger partial charge in [-0.15, -0.1) is 0 Å². The van der Waals surface area contributed by atoms with Crippen LogP contribution in [0.4, 0.5) is 9.18 Å². The van der Waals surface area contributed by atoms with Crippen molar-refractivity contribution < 1.29 is 13.9 Å². The molecule has 0 bridgehead atoms. The Morgan fingerprint density at radius 1 is 1.33 bits per heavy atom. The molecule has 0 aromatic heterocycles. The molecule has 5 heteroatoms. The largest absolute Gasteiger partial charge is 0.444 e. The van der Waals surface area contributed by atoms with Crippen LogP contribution in [0.15, 0.2) is 24.3 Å². The Hall–Kier alpha value is -1.62. The second-order valence-corrected chi connectivity index (χ2v) is 6.60. The fraction of sp³-hybridized carbons (Fsp3) is 0.562. The zero-order valence-electron chi connectivity index (χ0n) is 12.8. The van der Waals surface area contributed by atoms with Gasteiger partial charge in [-0.25, -0.2) is 9.18 Å². The van der Waals surface area contributed by atoms with Crippen LogP contribution in [0.5, 0.6) is 0 Å². The number of carbonyl (C=O) groups excluding carboxylic acids is 1. The standard InChI is InChI=1S/C16H23FN2O2/c1-16(2,3)21-15(20)19-9-11(8-12(18)10-19)13-6-4-5-7-14(13)17/h4-7,11-12H,8-10,18H2,1-3H3/t11-,12-/m1/s1. The predicted molar refractivity (Wildman–Crippen MR) is 79.5 cm³/mol. The molecule has 1 aromatic rings. The Morgan fingerprint density at radius 2 is 2.00 bits per heavy atom. The van der Waals surface area contributed by atoms with Crippen LogP contribution in [-0.2, 0) is 4.74 Å². The van der Waals surface area contributed by atoms with Gasteiger partial charge in [-0.2, -0.15) is 0 Å². The number of amides is 1. The molecule has 1 aromatic carbocycles. The van der Waals surface area contributed by atoms with Crippen molar-refractivity contribution in [3.8, 4) is 0 Å². The third kappa shape index (κ3) is 4.17. The minimum Gasteiger partial charge on any atom is -0.444 e. The molecule has 2 atom stereocenters. The number of rotatable bonds is 1. The molecule has 116 valence electrons. The highest BCUT2D eigenvalue weighted by Crippen LogP contribution is 2.29. The molecule has 0 radical (unpaired) electrons. The monoisotopic (exact) mass is 294 g/mol. The second kappa shape index (κ2) is 6.02. The van der Waals surface area contributed by atoms with E-state index in [0.29, 0.717) is 25.1 Å². The highest BCUT2D eigenvalue weighted by molar-refractivity contribution is 5.68. The van der Waals surface area contributed by atoms with Gasteiger partial charge in [0.1, 0.15) is 11.4 Å². The molecular formula is C16H23FN2O2. The van der Waals surface area contributed by atoms with Gasteiger partial charge in [-0.3, -0.25) is 0 Å². The fourth-order valence-electron chi connectivity index (χ4n) is 2.65. The number of nitrogens with two attached hydrogens (primary N) is 1. The van der Waals surface area contributed by atoms with Crippen molar-refractivity contribution in [1.82, 2.24) is 4.90 Å². The van der Waals surface area contributed by atoms with Gasteiger partial charge in [-0.05, 0) is 38.8 Å². The van der Waals surface area contributed by atoms with Gasteiger partial charge in [0.2, 0.25) is 0 Å². The summed E-state index contributed by atoms with van der Waals surface area (Å²) in [6.07, 6.45) is 0.277. The molecule has 21 heavy (non-hydrogen) atoms. The van der Waals surface area contributed by atoms with Gasteiger partial charge in [0.25, 0.3) is 0 Å². The molecular weight excluding hydrogens is 271 g/mol. The third-order valence-corrected chi connectivity index (χ3v) is 3.48. The van der Waals surface area contributed by atoms with Crippen molar-refractivity contribution in [3.05, 3.63) is 35.6 Å². The summed E-state index contributed by atoms with van der Waals surface area (Å²) in [7, 11) is 0. The van der Waals surface area contributed by atoms with Crippen molar-refractivity contribution in [3.63, 3.8) is 0 Å². The number of hydrogen-bond donors (Lipinski definition) is 1. The Morgan fingerprint density at radius 3 is 2.62 bits per heavy atom. The average Bonchev–Trinajstić information content (AvgIpc) is 2.36. The van der Waals surface area contributed by atoms with Crippen molar-refractivity contribution >= 4 is 6.09 Å². The molecule has 0 aliphatic carbocycles. The molecule has 1 fully saturated rings. The van der Waals surface area contributed by atoms with Gasteiger partial charge < -0.3 is 15.4 Å². The summed E-state index contributed by atoms with van der Waals surface area (Å²) in [5, 5.41) is 0. The summed E-state index contributed by atoms with van der Waals surface area (Å²) in [4.78, 5) is 13.8. The van der Waals surface area contributed by atoms with Crippen LogP contribution in [0, 0.1) is 5.82 Å². The van der Waals surface area contributed by atoms with E-state index in [1.165, 1.54) is 6.07 Å². The summed E-state index contributed by atoms with van der Waals surface area (Å²) >= 11 is 0. The maximum atomic E-state index is 13.9. The first-order valence-electron chi connectivity index (χ1n) is 7.24. The van der Waals surface area contributed by atoms with Gasteiger partial charge in [-0.1, -0.05) is 18.2 Å². The molecule has 1 amide bonds. The number of nitrogens with zero attached hydrogens (tertiary/aromatic N) is 1. The van der Waals surface area contributed by atoms with Gasteiger partial charge >= 0.3 is 6.09 Å². The van der Waals surface area contributed by atoms with E-state index in [1.807, 2.05) is 20.8 Å². The smallest absolute Gasteiger partial charge is 0.410 e. The molecule has 1 aliphatic heterocycles. The summed E-state index contributed by atoms with van der Waals surface area (Å²) in [5.41, 5.74) is 6.10. The minimum atomic E-state index is -0.549. The summed E-state index contributed by atoms with van der Waals surface area (Å²) in [5.74, 6) is -0.344. The number of halogens is 1. The van der Waals surface area contributed by atoms with Crippen LogP contribution in [-0.4, -0.2) is 35.7 Å². The van der Waals surface area contributed by atoms with E-state index in [2.05, 4.69) is 0 Å². The quantitative estimate of drug-likeness (QED) is 0.866. The molecule has 2 rings (SSSR count). The number of carbonyl (C=O) groups is 1. The van der Waals surface area contributed by atoms with Crippen molar-refractivity contribution in [2.45, 2.75) is 44.8 Å². The maximum absolute atomic E-state index is 13.9. The Balaban J connectivity index is 2.13. The number of likely N-dealkylation sites (tertiary alicyclic amines) is 1. The van der Waals surface area contributed by atoms with Crippen LogP contribution < -0.4 is 5.73 Å². The SMILES string of the molecule is CC(C)(C)OC(=O)N1C[C@H](N)C[C@@H](c2ccccc2F)C1. The lowest BCUT2D eigenvalue weighted by Gasteiger charge is -2.37. The Kier molecular flexibility index (Phi) is 4.52. The topological polar surface area (TPSA) is 55.6 Å². The van der Waals surface area contributed by atoms with Gasteiger partial charge in [0.15, 0.2) is 0 Å². The van der Waals surface area contributed by atoms with Crippen molar-refractivity contribution in [2.75, 3.05) is 13.1 Å². The molecule has 1 aliphatic rings. The highest BCUT2D eigenvalue weighted by atomic mass is 19.1. The lowest BCUT2D eigenvalue weighted by atomic mass is 9.88. The van der Waals surface area contributed by atoms with E-state index < -0.39 is 5.60 Å². The zero-order valence-corrected chi connectivity index (χ0v) is 12.8. The molecule has 0 spiro atoms. The zero-order chi connectivity index (χ0) is 15.6. The molecule has 4 nitrogen and oxygen atoms in total. The second-order valence-electron chi connectivity index (χ2n) is 6.60. The van der Waals surface area contributed by atoms with E-state index in [9.17, 15) is 9.18 Å². The molecule has 1 heterocycles.